The number of hydrogen-bond donors (Lipinski definition) is 0. The lowest BCUT2D eigenvalue weighted by molar-refractivity contribution is 0.207. The zero-order valence-corrected chi connectivity index (χ0v) is 9.12. The van der Waals surface area contributed by atoms with E-state index < -0.39 is 0 Å². The molecule has 84 valence electrons. The molecule has 0 saturated heterocycles. The minimum Gasteiger partial charge on any atom is -0.361 e. The second-order valence-corrected chi connectivity index (χ2v) is 3.54. The summed E-state index contributed by atoms with van der Waals surface area (Å²) >= 11 is 0. The number of carbonyl (C=O) groups excluding carboxylic acids is 1. The minimum absolute atomic E-state index is 0.154. The molecular formula is C10H12N4O2. The van der Waals surface area contributed by atoms with Gasteiger partial charge in [0, 0.05) is 25.5 Å². The molecule has 0 atom stereocenters. The molecule has 2 aromatic heterocycles. The summed E-state index contributed by atoms with van der Waals surface area (Å²) in [5, 5.41) is 3.83. The predicted octanol–water partition coefficient (Wildman–Crippen LogP) is 1.28. The highest BCUT2D eigenvalue weighted by atomic mass is 16.5. The third-order valence-corrected chi connectivity index (χ3v) is 2.13. The number of hydrogen-bond acceptors (Lipinski definition) is 4. The van der Waals surface area contributed by atoms with Crippen LogP contribution in [0, 0.1) is 6.92 Å². The lowest BCUT2D eigenvalue weighted by Gasteiger charge is -2.14. The number of nitrogens with zero attached hydrogens (tertiary/aromatic N) is 4. The van der Waals surface area contributed by atoms with Crippen molar-refractivity contribution in [1.82, 2.24) is 19.6 Å². The van der Waals surface area contributed by atoms with Crippen LogP contribution in [-0.4, -0.2) is 32.7 Å². The van der Waals surface area contributed by atoms with Crippen molar-refractivity contribution in [2.24, 2.45) is 0 Å². The molecule has 0 fully saturated rings. The van der Waals surface area contributed by atoms with Gasteiger partial charge in [0.15, 0.2) is 0 Å². The summed E-state index contributed by atoms with van der Waals surface area (Å²) in [5.74, 6) is 0.735. The van der Waals surface area contributed by atoms with Gasteiger partial charge in [-0.3, -0.25) is 4.57 Å². The second kappa shape index (κ2) is 4.18. The van der Waals surface area contributed by atoms with Crippen LogP contribution < -0.4 is 0 Å². The zero-order valence-electron chi connectivity index (χ0n) is 9.12. The van der Waals surface area contributed by atoms with Gasteiger partial charge in [-0.15, -0.1) is 0 Å². The summed E-state index contributed by atoms with van der Waals surface area (Å²) in [7, 11) is 1.70. The molecule has 0 aromatic carbocycles. The van der Waals surface area contributed by atoms with Crippen LogP contribution in [0.3, 0.4) is 0 Å². The van der Waals surface area contributed by atoms with Gasteiger partial charge in [0.05, 0.1) is 6.54 Å². The van der Waals surface area contributed by atoms with E-state index in [9.17, 15) is 4.79 Å². The summed E-state index contributed by atoms with van der Waals surface area (Å²) in [4.78, 5) is 17.2. The van der Waals surface area contributed by atoms with Crippen LogP contribution >= 0.6 is 0 Å². The first-order chi connectivity index (χ1) is 7.66. The van der Waals surface area contributed by atoms with Crippen molar-refractivity contribution in [3.63, 3.8) is 0 Å². The highest BCUT2D eigenvalue weighted by Gasteiger charge is 2.12. The van der Waals surface area contributed by atoms with Crippen molar-refractivity contribution in [1.29, 1.82) is 0 Å². The van der Waals surface area contributed by atoms with E-state index in [0.29, 0.717) is 6.54 Å². The van der Waals surface area contributed by atoms with Crippen LogP contribution in [0.2, 0.25) is 0 Å². The van der Waals surface area contributed by atoms with E-state index in [-0.39, 0.29) is 6.03 Å². The number of amides is 1. The van der Waals surface area contributed by atoms with Crippen LogP contribution in [0.15, 0.2) is 29.3 Å². The van der Waals surface area contributed by atoms with Crippen molar-refractivity contribution in [2.45, 2.75) is 13.5 Å². The molecule has 0 unspecified atom stereocenters. The van der Waals surface area contributed by atoms with Crippen molar-refractivity contribution in [2.75, 3.05) is 7.05 Å². The average molecular weight is 220 g/mol. The molecule has 6 heteroatoms. The Morgan fingerprint density at radius 2 is 2.44 bits per heavy atom. The Kier molecular flexibility index (Phi) is 2.72. The predicted molar refractivity (Wildman–Crippen MR) is 55.7 cm³/mol. The van der Waals surface area contributed by atoms with E-state index in [4.69, 9.17) is 4.52 Å². The number of carbonyl (C=O) groups is 1. The highest BCUT2D eigenvalue weighted by molar-refractivity contribution is 5.76. The number of rotatable bonds is 2. The fourth-order valence-corrected chi connectivity index (χ4v) is 1.37. The van der Waals surface area contributed by atoms with Gasteiger partial charge in [-0.1, -0.05) is 5.16 Å². The van der Waals surface area contributed by atoms with Crippen molar-refractivity contribution < 1.29 is 9.32 Å². The number of aryl methyl sites for hydroxylation is 1. The normalized spacial score (nSPS) is 10.4. The zero-order chi connectivity index (χ0) is 11.5. The van der Waals surface area contributed by atoms with Crippen LogP contribution in [0.1, 0.15) is 11.5 Å². The molecule has 0 aliphatic carbocycles. The fourth-order valence-electron chi connectivity index (χ4n) is 1.37. The molecule has 0 spiro atoms. The first-order valence-electron chi connectivity index (χ1n) is 4.82. The van der Waals surface area contributed by atoms with E-state index in [0.717, 1.165) is 11.5 Å². The Morgan fingerprint density at radius 1 is 1.62 bits per heavy atom. The molecule has 6 nitrogen and oxygen atoms in total. The Labute approximate surface area is 92.5 Å². The van der Waals surface area contributed by atoms with Gasteiger partial charge in [-0.25, -0.2) is 9.78 Å². The average Bonchev–Trinajstić information content (AvgIpc) is 2.88. The number of aromatic nitrogens is 3. The van der Waals surface area contributed by atoms with Crippen LogP contribution in [0.25, 0.3) is 0 Å². The quantitative estimate of drug-likeness (QED) is 0.764. The fraction of sp³-hybridized carbons (Fsp3) is 0.300. The summed E-state index contributed by atoms with van der Waals surface area (Å²) in [6, 6.07) is 1.65. The van der Waals surface area contributed by atoms with E-state index in [1.54, 1.807) is 30.4 Å². The Bertz CT molecular complexity index is 475. The number of imidazole rings is 1. The van der Waals surface area contributed by atoms with Crippen LogP contribution in [0.5, 0.6) is 0 Å². The van der Waals surface area contributed by atoms with Gasteiger partial charge in [-0.2, -0.15) is 0 Å². The molecule has 0 radical (unpaired) electrons. The standard InChI is InChI=1S/C10H12N4O2/c1-8-5-9(12-16-8)6-13(2)10(15)14-4-3-11-7-14/h3-5,7H,6H2,1-2H3. The van der Waals surface area contributed by atoms with Crippen LogP contribution in [-0.2, 0) is 6.54 Å². The SMILES string of the molecule is Cc1cc(CN(C)C(=O)n2ccnc2)no1. The van der Waals surface area contributed by atoms with Gasteiger partial charge < -0.3 is 9.42 Å². The largest absolute Gasteiger partial charge is 0.361 e. The molecule has 2 heterocycles. The smallest absolute Gasteiger partial charge is 0.329 e. The molecule has 0 bridgehead atoms. The van der Waals surface area contributed by atoms with Crippen LogP contribution in [0.4, 0.5) is 4.79 Å². The van der Waals surface area contributed by atoms with Gasteiger partial charge in [0.1, 0.15) is 17.8 Å². The van der Waals surface area contributed by atoms with Gasteiger partial charge in [0.25, 0.3) is 0 Å². The maximum atomic E-state index is 11.8. The second-order valence-electron chi connectivity index (χ2n) is 3.54. The Balaban J connectivity index is 2.03. The molecule has 2 aromatic rings. The molecule has 0 aliphatic heterocycles. The first-order valence-corrected chi connectivity index (χ1v) is 4.82. The third kappa shape index (κ3) is 2.10. The summed E-state index contributed by atoms with van der Waals surface area (Å²) in [6.45, 7) is 2.22. The Morgan fingerprint density at radius 3 is 3.00 bits per heavy atom. The van der Waals surface area contributed by atoms with Gasteiger partial charge >= 0.3 is 6.03 Å². The molecule has 0 saturated carbocycles. The monoisotopic (exact) mass is 220 g/mol. The van der Waals surface area contributed by atoms with Crippen molar-refractivity contribution in [3.8, 4) is 0 Å². The molecule has 2 rings (SSSR count). The molecule has 0 N–H and O–H groups in total. The Hall–Kier alpha value is -2.11. The lowest BCUT2D eigenvalue weighted by atomic mass is 10.3. The highest BCUT2D eigenvalue weighted by Crippen LogP contribution is 2.05. The summed E-state index contributed by atoms with van der Waals surface area (Å²) in [6.07, 6.45) is 4.63. The minimum atomic E-state index is -0.154. The molecule has 1 amide bonds. The van der Waals surface area contributed by atoms with E-state index in [1.807, 2.05) is 6.92 Å². The third-order valence-electron chi connectivity index (χ3n) is 2.13. The molecule has 0 aliphatic rings. The first kappa shape index (κ1) is 10.4. The van der Waals surface area contributed by atoms with E-state index >= 15 is 0 Å². The summed E-state index contributed by atoms with van der Waals surface area (Å²) < 4.78 is 6.34. The van der Waals surface area contributed by atoms with Gasteiger partial charge in [-0.05, 0) is 6.92 Å². The molecule has 16 heavy (non-hydrogen) atoms. The maximum Gasteiger partial charge on any atom is 0.329 e. The summed E-state index contributed by atoms with van der Waals surface area (Å²) in [5.41, 5.74) is 0.730. The van der Waals surface area contributed by atoms with E-state index in [1.165, 1.54) is 10.9 Å². The molecular weight excluding hydrogens is 208 g/mol. The van der Waals surface area contributed by atoms with Crippen molar-refractivity contribution >= 4 is 6.03 Å². The van der Waals surface area contributed by atoms with E-state index in [2.05, 4.69) is 10.1 Å². The lowest BCUT2D eigenvalue weighted by Crippen LogP contribution is -2.29. The van der Waals surface area contributed by atoms with Gasteiger partial charge in [0.2, 0.25) is 0 Å². The maximum absolute atomic E-state index is 11.8. The topological polar surface area (TPSA) is 64.2 Å². The van der Waals surface area contributed by atoms with Crippen molar-refractivity contribution in [3.05, 3.63) is 36.2 Å².